The Morgan fingerprint density at radius 1 is 1.05 bits per heavy atom. The predicted molar refractivity (Wildman–Crippen MR) is 91.0 cm³/mol. The van der Waals surface area contributed by atoms with Crippen molar-refractivity contribution in [2.45, 2.75) is 19.5 Å². The minimum Gasteiger partial charge on any atom is -0.378 e. The molecule has 2 N–H and O–H groups in total. The number of urea groups is 1. The van der Waals surface area contributed by atoms with Gasteiger partial charge in [-0.05, 0) is 30.2 Å². The van der Waals surface area contributed by atoms with Crippen LogP contribution in [0.3, 0.4) is 0 Å². The molecule has 1 unspecified atom stereocenters. The molecule has 0 heterocycles. The lowest BCUT2D eigenvalue weighted by Gasteiger charge is -2.15. The van der Waals surface area contributed by atoms with Crippen LogP contribution in [0.25, 0.3) is 0 Å². The van der Waals surface area contributed by atoms with Crippen LogP contribution >= 0.6 is 0 Å². The Labute approximate surface area is 132 Å². The number of anilines is 1. The molecule has 1 atom stereocenters. The highest BCUT2D eigenvalue weighted by Gasteiger charge is 2.08. The first-order valence-electron chi connectivity index (χ1n) is 7.42. The number of carbonyl (C=O) groups is 1. The van der Waals surface area contributed by atoms with Crippen LogP contribution in [0.4, 0.5) is 10.5 Å². The van der Waals surface area contributed by atoms with Gasteiger partial charge in [0.05, 0.1) is 6.04 Å². The van der Waals surface area contributed by atoms with Crippen molar-refractivity contribution in [2.75, 3.05) is 19.0 Å². The van der Waals surface area contributed by atoms with Crippen LogP contribution in [-0.2, 0) is 6.54 Å². The fraction of sp³-hybridized carbons (Fsp3) is 0.278. The average molecular weight is 297 g/mol. The van der Waals surface area contributed by atoms with E-state index in [1.54, 1.807) is 0 Å². The fourth-order valence-corrected chi connectivity index (χ4v) is 2.17. The molecule has 0 aliphatic carbocycles. The van der Waals surface area contributed by atoms with E-state index in [-0.39, 0.29) is 12.1 Å². The molecule has 4 heteroatoms. The van der Waals surface area contributed by atoms with Gasteiger partial charge in [0.15, 0.2) is 0 Å². The van der Waals surface area contributed by atoms with Crippen LogP contribution < -0.4 is 15.5 Å². The molecule has 2 aromatic rings. The van der Waals surface area contributed by atoms with E-state index in [1.165, 1.54) is 0 Å². The van der Waals surface area contributed by atoms with Gasteiger partial charge in [-0.25, -0.2) is 4.79 Å². The Morgan fingerprint density at radius 2 is 1.68 bits per heavy atom. The zero-order chi connectivity index (χ0) is 15.9. The van der Waals surface area contributed by atoms with Crippen LogP contribution in [0.2, 0.25) is 0 Å². The average Bonchev–Trinajstić information content (AvgIpc) is 2.54. The van der Waals surface area contributed by atoms with E-state index in [1.807, 2.05) is 80.5 Å². The van der Waals surface area contributed by atoms with Gasteiger partial charge in [-0.1, -0.05) is 42.5 Å². The summed E-state index contributed by atoms with van der Waals surface area (Å²) in [6.45, 7) is 2.49. The smallest absolute Gasteiger partial charge is 0.315 e. The van der Waals surface area contributed by atoms with Crippen LogP contribution in [0, 0.1) is 0 Å². The summed E-state index contributed by atoms with van der Waals surface area (Å²) in [6, 6.07) is 17.9. The molecule has 0 aliphatic rings. The SMILES string of the molecule is CC(NC(=O)NCc1ccc(N(C)C)cc1)c1ccccc1. The summed E-state index contributed by atoms with van der Waals surface area (Å²) in [5.74, 6) is 0. The van der Waals surface area contributed by atoms with Crippen molar-refractivity contribution >= 4 is 11.7 Å². The first kappa shape index (κ1) is 15.9. The molecule has 2 aromatic carbocycles. The molecule has 0 saturated carbocycles. The van der Waals surface area contributed by atoms with E-state index in [0.717, 1.165) is 16.8 Å². The lowest BCUT2D eigenvalue weighted by molar-refractivity contribution is 0.237. The summed E-state index contributed by atoms with van der Waals surface area (Å²) < 4.78 is 0. The molecule has 0 aliphatic heterocycles. The summed E-state index contributed by atoms with van der Waals surface area (Å²) in [6.07, 6.45) is 0. The zero-order valence-electron chi connectivity index (χ0n) is 13.3. The van der Waals surface area contributed by atoms with Crippen molar-refractivity contribution in [1.29, 1.82) is 0 Å². The highest BCUT2D eigenvalue weighted by Crippen LogP contribution is 2.12. The molecule has 0 aromatic heterocycles. The number of nitrogens with zero attached hydrogens (tertiary/aromatic N) is 1. The Kier molecular flexibility index (Phi) is 5.42. The minimum atomic E-state index is -0.159. The van der Waals surface area contributed by atoms with Crippen LogP contribution in [0.15, 0.2) is 54.6 Å². The van der Waals surface area contributed by atoms with E-state index in [0.29, 0.717) is 6.54 Å². The largest absolute Gasteiger partial charge is 0.378 e. The molecule has 116 valence electrons. The molecule has 22 heavy (non-hydrogen) atoms. The van der Waals surface area contributed by atoms with Gasteiger partial charge >= 0.3 is 6.03 Å². The second-order valence-corrected chi connectivity index (χ2v) is 5.52. The predicted octanol–water partition coefficient (Wildman–Crippen LogP) is 3.31. The Balaban J connectivity index is 1.82. The maximum Gasteiger partial charge on any atom is 0.315 e. The molecule has 0 saturated heterocycles. The second-order valence-electron chi connectivity index (χ2n) is 5.52. The monoisotopic (exact) mass is 297 g/mol. The van der Waals surface area contributed by atoms with E-state index in [9.17, 15) is 4.79 Å². The maximum absolute atomic E-state index is 11.9. The number of amides is 2. The third-order valence-electron chi connectivity index (χ3n) is 3.55. The molecule has 0 bridgehead atoms. The molecule has 0 spiro atoms. The maximum atomic E-state index is 11.9. The van der Waals surface area contributed by atoms with Gasteiger partial charge in [0.2, 0.25) is 0 Å². The number of hydrogen-bond acceptors (Lipinski definition) is 2. The number of rotatable bonds is 5. The van der Waals surface area contributed by atoms with Gasteiger partial charge < -0.3 is 15.5 Å². The third kappa shape index (κ3) is 4.52. The van der Waals surface area contributed by atoms with Gasteiger partial charge in [0, 0.05) is 26.3 Å². The number of carbonyl (C=O) groups excluding carboxylic acids is 1. The quantitative estimate of drug-likeness (QED) is 0.889. The molecule has 2 rings (SSSR count). The first-order valence-corrected chi connectivity index (χ1v) is 7.42. The number of nitrogens with one attached hydrogen (secondary N) is 2. The third-order valence-corrected chi connectivity index (χ3v) is 3.55. The molecule has 0 fully saturated rings. The highest BCUT2D eigenvalue weighted by molar-refractivity contribution is 5.74. The van der Waals surface area contributed by atoms with Crippen LogP contribution in [0.5, 0.6) is 0 Å². The van der Waals surface area contributed by atoms with E-state index in [4.69, 9.17) is 0 Å². The molecule has 0 radical (unpaired) electrons. The number of benzene rings is 2. The highest BCUT2D eigenvalue weighted by atomic mass is 16.2. The fourth-order valence-electron chi connectivity index (χ4n) is 2.17. The zero-order valence-corrected chi connectivity index (χ0v) is 13.3. The van der Waals surface area contributed by atoms with Crippen molar-refractivity contribution in [3.05, 3.63) is 65.7 Å². The lowest BCUT2D eigenvalue weighted by Crippen LogP contribution is -2.36. The van der Waals surface area contributed by atoms with E-state index < -0.39 is 0 Å². The molecular weight excluding hydrogens is 274 g/mol. The summed E-state index contributed by atoms with van der Waals surface area (Å²) in [5.41, 5.74) is 3.31. The van der Waals surface area contributed by atoms with Crippen molar-refractivity contribution in [3.63, 3.8) is 0 Å². The Hall–Kier alpha value is -2.49. The molecule has 2 amide bonds. The summed E-state index contributed by atoms with van der Waals surface area (Å²) in [7, 11) is 4.01. The van der Waals surface area contributed by atoms with Crippen LogP contribution in [-0.4, -0.2) is 20.1 Å². The van der Waals surface area contributed by atoms with Gasteiger partial charge in [-0.2, -0.15) is 0 Å². The van der Waals surface area contributed by atoms with E-state index in [2.05, 4.69) is 10.6 Å². The Morgan fingerprint density at radius 3 is 2.27 bits per heavy atom. The van der Waals surface area contributed by atoms with Gasteiger partial charge in [-0.3, -0.25) is 0 Å². The van der Waals surface area contributed by atoms with Crippen LogP contribution in [0.1, 0.15) is 24.1 Å². The van der Waals surface area contributed by atoms with Crippen molar-refractivity contribution in [1.82, 2.24) is 10.6 Å². The van der Waals surface area contributed by atoms with Crippen molar-refractivity contribution in [2.24, 2.45) is 0 Å². The van der Waals surface area contributed by atoms with Gasteiger partial charge in [0.25, 0.3) is 0 Å². The normalized spacial score (nSPS) is 11.6. The topological polar surface area (TPSA) is 44.4 Å². The lowest BCUT2D eigenvalue weighted by atomic mass is 10.1. The van der Waals surface area contributed by atoms with Gasteiger partial charge in [-0.15, -0.1) is 0 Å². The van der Waals surface area contributed by atoms with Gasteiger partial charge in [0.1, 0.15) is 0 Å². The van der Waals surface area contributed by atoms with E-state index >= 15 is 0 Å². The molecular formula is C18H23N3O. The van der Waals surface area contributed by atoms with Crippen molar-refractivity contribution < 1.29 is 4.79 Å². The summed E-state index contributed by atoms with van der Waals surface area (Å²) in [4.78, 5) is 14.0. The summed E-state index contributed by atoms with van der Waals surface area (Å²) >= 11 is 0. The Bertz CT molecular complexity index is 593. The first-order chi connectivity index (χ1) is 10.6. The second kappa shape index (κ2) is 7.50. The summed E-state index contributed by atoms with van der Waals surface area (Å²) in [5, 5.41) is 5.82. The number of hydrogen-bond donors (Lipinski definition) is 2. The minimum absolute atomic E-state index is 0.0164. The standard InChI is InChI=1S/C18H23N3O/c1-14(16-7-5-4-6-8-16)20-18(22)19-13-15-9-11-17(12-10-15)21(2)3/h4-12,14H,13H2,1-3H3,(H2,19,20,22). The van der Waals surface area contributed by atoms with Crippen molar-refractivity contribution in [3.8, 4) is 0 Å². The molecule has 4 nitrogen and oxygen atoms in total.